The molecule has 2 aliphatic heterocycles. The highest BCUT2D eigenvalue weighted by molar-refractivity contribution is 5.78. The molecule has 150 valence electrons. The number of pyridine rings is 1. The second kappa shape index (κ2) is 7.88. The van der Waals surface area contributed by atoms with Crippen molar-refractivity contribution in [2.75, 3.05) is 26.7 Å². The number of rotatable bonds is 5. The second-order valence-electron chi connectivity index (χ2n) is 9.58. The van der Waals surface area contributed by atoms with Gasteiger partial charge in [0.05, 0.1) is 0 Å². The van der Waals surface area contributed by atoms with Crippen LogP contribution >= 0.6 is 0 Å². The number of amides is 1. The maximum absolute atomic E-state index is 12.7. The first kappa shape index (κ1) is 20.3. The molecular weight excluding hydrogens is 336 g/mol. The highest BCUT2D eigenvalue weighted by Gasteiger charge is 2.49. The van der Waals surface area contributed by atoms with E-state index in [0.29, 0.717) is 5.92 Å². The van der Waals surface area contributed by atoms with Crippen LogP contribution in [0.25, 0.3) is 0 Å². The summed E-state index contributed by atoms with van der Waals surface area (Å²) in [5.41, 5.74) is 1.55. The lowest BCUT2D eigenvalue weighted by Gasteiger charge is -2.38. The molecule has 3 rings (SSSR count). The molecule has 27 heavy (non-hydrogen) atoms. The average molecular weight is 373 g/mol. The third kappa shape index (κ3) is 4.52. The van der Waals surface area contributed by atoms with Gasteiger partial charge in [-0.15, -0.1) is 0 Å². The number of nitrogens with zero attached hydrogens (tertiary/aromatic N) is 3. The summed E-state index contributed by atoms with van der Waals surface area (Å²) in [6, 6.07) is 4.10. The third-order valence-corrected chi connectivity index (χ3v) is 7.13. The van der Waals surface area contributed by atoms with E-state index < -0.39 is 0 Å². The Hall–Kier alpha value is -1.46. The number of hydrogen-bond acceptors (Lipinski definition) is 4. The molecule has 0 radical (unpaired) electrons. The zero-order valence-corrected chi connectivity index (χ0v) is 17.7. The smallest absolute Gasteiger partial charge is 0.223 e. The maximum atomic E-state index is 12.7. The van der Waals surface area contributed by atoms with Gasteiger partial charge in [0, 0.05) is 42.5 Å². The van der Waals surface area contributed by atoms with Gasteiger partial charge in [-0.25, -0.2) is 0 Å². The first-order valence-electron chi connectivity index (χ1n) is 10.3. The van der Waals surface area contributed by atoms with Crippen molar-refractivity contribution in [2.45, 2.75) is 64.6 Å². The van der Waals surface area contributed by atoms with E-state index in [1.54, 1.807) is 0 Å². The first-order valence-corrected chi connectivity index (χ1v) is 10.3. The van der Waals surface area contributed by atoms with Gasteiger partial charge in [0.2, 0.25) is 5.91 Å². The van der Waals surface area contributed by atoms with Crippen molar-refractivity contribution in [1.29, 1.82) is 0 Å². The lowest BCUT2D eigenvalue weighted by atomic mass is 9.86. The van der Waals surface area contributed by atoms with Crippen LogP contribution in [0.15, 0.2) is 24.5 Å². The van der Waals surface area contributed by atoms with Crippen molar-refractivity contribution < 1.29 is 4.79 Å². The zero-order chi connectivity index (χ0) is 19.7. The lowest BCUT2D eigenvalue weighted by Crippen LogP contribution is -2.49. The van der Waals surface area contributed by atoms with E-state index >= 15 is 0 Å². The van der Waals surface area contributed by atoms with Crippen molar-refractivity contribution in [3.63, 3.8) is 0 Å². The van der Waals surface area contributed by atoms with Crippen LogP contribution in [-0.4, -0.2) is 58.5 Å². The molecule has 1 aromatic rings. The molecule has 2 aliphatic rings. The average Bonchev–Trinajstić information content (AvgIpc) is 2.80. The number of aromatic nitrogens is 1. The Balaban J connectivity index is 1.45. The van der Waals surface area contributed by atoms with Gasteiger partial charge in [0.1, 0.15) is 0 Å². The summed E-state index contributed by atoms with van der Waals surface area (Å²) in [4.78, 5) is 21.8. The summed E-state index contributed by atoms with van der Waals surface area (Å²) in [5, 5.41) is 3.28. The van der Waals surface area contributed by atoms with Gasteiger partial charge in [0.15, 0.2) is 0 Å². The number of piperidine rings is 1. The molecule has 0 saturated carbocycles. The highest BCUT2D eigenvalue weighted by atomic mass is 16.1. The Bertz CT molecular complexity index is 635. The fourth-order valence-electron chi connectivity index (χ4n) is 4.84. The van der Waals surface area contributed by atoms with Gasteiger partial charge in [-0.1, -0.05) is 6.07 Å². The molecule has 0 aromatic carbocycles. The minimum Gasteiger partial charge on any atom is -0.356 e. The fraction of sp³-hybridized carbons (Fsp3) is 0.727. The van der Waals surface area contributed by atoms with Crippen LogP contribution in [0.5, 0.6) is 0 Å². The third-order valence-electron chi connectivity index (χ3n) is 7.13. The van der Waals surface area contributed by atoms with Crippen LogP contribution < -0.4 is 5.32 Å². The fourth-order valence-corrected chi connectivity index (χ4v) is 4.84. The molecule has 5 heteroatoms. The predicted octanol–water partition coefficient (Wildman–Crippen LogP) is 2.92. The summed E-state index contributed by atoms with van der Waals surface area (Å²) < 4.78 is 0. The second-order valence-corrected chi connectivity index (χ2v) is 9.58. The lowest BCUT2D eigenvalue weighted by molar-refractivity contribution is -0.126. The van der Waals surface area contributed by atoms with Crippen molar-refractivity contribution in [2.24, 2.45) is 11.8 Å². The van der Waals surface area contributed by atoms with Crippen molar-refractivity contribution in [3.05, 3.63) is 30.1 Å². The van der Waals surface area contributed by atoms with Crippen molar-refractivity contribution >= 4 is 5.91 Å². The topological polar surface area (TPSA) is 48.5 Å². The number of carbonyl (C=O) groups excluding carboxylic acids is 1. The SMILES string of the molecule is CN1C(C)(C)CC(CNC(=O)C2CCN(Cc3cccnc3)CC2)C1(C)C. The molecule has 1 amide bonds. The van der Waals surface area contributed by atoms with Gasteiger partial charge in [-0.3, -0.25) is 19.6 Å². The Morgan fingerprint density at radius 2 is 1.96 bits per heavy atom. The van der Waals surface area contributed by atoms with E-state index in [2.05, 4.69) is 60.9 Å². The van der Waals surface area contributed by atoms with E-state index in [1.165, 1.54) is 5.56 Å². The van der Waals surface area contributed by atoms with Crippen molar-refractivity contribution in [1.82, 2.24) is 20.1 Å². The van der Waals surface area contributed by atoms with E-state index in [4.69, 9.17) is 0 Å². The molecule has 1 atom stereocenters. The molecule has 5 nitrogen and oxygen atoms in total. The Morgan fingerprint density at radius 3 is 2.52 bits per heavy atom. The molecular formula is C22H36N4O. The van der Waals surface area contributed by atoms with Crippen LogP contribution in [0.4, 0.5) is 0 Å². The van der Waals surface area contributed by atoms with E-state index in [0.717, 1.165) is 45.4 Å². The van der Waals surface area contributed by atoms with Crippen molar-refractivity contribution in [3.8, 4) is 0 Å². The number of nitrogens with one attached hydrogen (secondary N) is 1. The van der Waals surface area contributed by atoms with Gasteiger partial charge in [-0.05, 0) is 84.6 Å². The van der Waals surface area contributed by atoms with Crippen LogP contribution in [0, 0.1) is 11.8 Å². The summed E-state index contributed by atoms with van der Waals surface area (Å²) in [6.45, 7) is 12.9. The molecule has 2 saturated heterocycles. The first-order chi connectivity index (χ1) is 12.7. The summed E-state index contributed by atoms with van der Waals surface area (Å²) in [7, 11) is 2.21. The minimum absolute atomic E-state index is 0.115. The molecule has 1 unspecified atom stereocenters. The molecule has 1 N–H and O–H groups in total. The quantitative estimate of drug-likeness (QED) is 0.863. The number of hydrogen-bond donors (Lipinski definition) is 1. The molecule has 1 aromatic heterocycles. The van der Waals surface area contributed by atoms with Crippen LogP contribution in [0.3, 0.4) is 0 Å². The molecule has 3 heterocycles. The Labute approximate surface area is 164 Å². The van der Waals surface area contributed by atoms with Gasteiger partial charge in [-0.2, -0.15) is 0 Å². The number of likely N-dealkylation sites (tertiary alicyclic amines) is 2. The molecule has 0 bridgehead atoms. The summed E-state index contributed by atoms with van der Waals surface area (Å²) in [5.74, 6) is 0.900. The Morgan fingerprint density at radius 1 is 1.26 bits per heavy atom. The van der Waals surface area contributed by atoms with Crippen LogP contribution in [0.1, 0.15) is 52.5 Å². The summed E-state index contributed by atoms with van der Waals surface area (Å²) in [6.07, 6.45) is 6.77. The van der Waals surface area contributed by atoms with Gasteiger partial charge >= 0.3 is 0 Å². The number of carbonyl (C=O) groups is 1. The standard InChI is InChI=1S/C22H36N4O/c1-21(2)13-19(22(3,4)25(21)5)15-24-20(27)18-8-11-26(12-9-18)16-17-7-6-10-23-14-17/h6-7,10,14,18-19H,8-9,11-13,15-16H2,1-5H3,(H,24,27). The van der Waals surface area contributed by atoms with Crippen LogP contribution in [-0.2, 0) is 11.3 Å². The van der Waals surface area contributed by atoms with Gasteiger partial charge < -0.3 is 5.32 Å². The summed E-state index contributed by atoms with van der Waals surface area (Å²) >= 11 is 0. The van der Waals surface area contributed by atoms with E-state index in [1.807, 2.05) is 18.5 Å². The Kier molecular flexibility index (Phi) is 5.92. The van der Waals surface area contributed by atoms with Gasteiger partial charge in [0.25, 0.3) is 0 Å². The van der Waals surface area contributed by atoms with E-state index in [9.17, 15) is 4.79 Å². The zero-order valence-electron chi connectivity index (χ0n) is 17.7. The largest absolute Gasteiger partial charge is 0.356 e. The molecule has 2 fully saturated rings. The van der Waals surface area contributed by atoms with Crippen LogP contribution in [0.2, 0.25) is 0 Å². The normalized spacial score (nSPS) is 26.2. The highest BCUT2D eigenvalue weighted by Crippen LogP contribution is 2.43. The van der Waals surface area contributed by atoms with E-state index in [-0.39, 0.29) is 22.9 Å². The predicted molar refractivity (Wildman–Crippen MR) is 109 cm³/mol. The molecule has 0 aliphatic carbocycles. The molecule has 0 spiro atoms. The minimum atomic E-state index is 0.115. The maximum Gasteiger partial charge on any atom is 0.223 e. The monoisotopic (exact) mass is 372 g/mol.